The van der Waals surface area contributed by atoms with Gasteiger partial charge in [0.2, 0.25) is 5.91 Å². The molecule has 0 saturated carbocycles. The Bertz CT molecular complexity index is 718. The van der Waals surface area contributed by atoms with Crippen molar-refractivity contribution >= 4 is 5.91 Å². The molecule has 1 aliphatic heterocycles. The number of phenols is 1. The van der Waals surface area contributed by atoms with Gasteiger partial charge in [0.05, 0.1) is 6.61 Å². The highest BCUT2D eigenvalue weighted by molar-refractivity contribution is 5.76. The van der Waals surface area contributed by atoms with Gasteiger partial charge in [0.25, 0.3) is 0 Å². The quantitative estimate of drug-likeness (QED) is 0.789. The highest BCUT2D eigenvalue weighted by Gasteiger charge is 2.23. The second-order valence-corrected chi connectivity index (χ2v) is 7.02. The van der Waals surface area contributed by atoms with E-state index in [1.165, 1.54) is 11.1 Å². The van der Waals surface area contributed by atoms with Gasteiger partial charge in [0.15, 0.2) is 0 Å². The first-order valence-corrected chi connectivity index (χ1v) is 9.38. The Morgan fingerprint density at radius 3 is 2.58 bits per heavy atom. The minimum atomic E-state index is 0.224. The Labute approximate surface area is 155 Å². The van der Waals surface area contributed by atoms with Crippen LogP contribution in [0.2, 0.25) is 0 Å². The van der Waals surface area contributed by atoms with Crippen molar-refractivity contribution in [1.82, 2.24) is 4.90 Å². The van der Waals surface area contributed by atoms with Crippen LogP contribution in [0.15, 0.2) is 48.5 Å². The number of piperidine rings is 1. The molecule has 1 fully saturated rings. The predicted octanol–water partition coefficient (Wildman–Crippen LogP) is 4.27. The molecule has 3 rings (SSSR count). The van der Waals surface area contributed by atoms with Gasteiger partial charge in [0.1, 0.15) is 11.5 Å². The van der Waals surface area contributed by atoms with Crippen LogP contribution in [0.25, 0.3) is 0 Å². The molecule has 2 aromatic rings. The van der Waals surface area contributed by atoms with Crippen molar-refractivity contribution < 1.29 is 14.6 Å². The first kappa shape index (κ1) is 18.3. The maximum atomic E-state index is 12.4. The molecule has 138 valence electrons. The second-order valence-electron chi connectivity index (χ2n) is 7.02. The summed E-state index contributed by atoms with van der Waals surface area (Å²) >= 11 is 0. The van der Waals surface area contributed by atoms with Gasteiger partial charge >= 0.3 is 0 Å². The molecule has 0 atom stereocenters. The van der Waals surface area contributed by atoms with Crippen molar-refractivity contribution in [1.29, 1.82) is 0 Å². The Morgan fingerprint density at radius 2 is 1.88 bits per heavy atom. The molecule has 0 aliphatic carbocycles. The molecule has 4 nitrogen and oxygen atoms in total. The normalized spacial score (nSPS) is 15.0. The first-order chi connectivity index (χ1) is 12.6. The number of hydrogen-bond donors (Lipinski definition) is 1. The van der Waals surface area contributed by atoms with E-state index >= 15 is 0 Å². The lowest BCUT2D eigenvalue weighted by molar-refractivity contribution is -0.132. The number of phenolic OH excluding ortho intramolecular Hbond substituents is 1. The Kier molecular flexibility index (Phi) is 6.16. The second kappa shape index (κ2) is 8.75. The van der Waals surface area contributed by atoms with Crippen LogP contribution in [0.3, 0.4) is 0 Å². The molecule has 1 saturated heterocycles. The Morgan fingerprint density at radius 1 is 1.15 bits per heavy atom. The maximum Gasteiger partial charge on any atom is 0.222 e. The zero-order valence-electron chi connectivity index (χ0n) is 15.4. The van der Waals surface area contributed by atoms with E-state index in [0.717, 1.165) is 38.1 Å². The van der Waals surface area contributed by atoms with E-state index in [9.17, 15) is 9.90 Å². The van der Waals surface area contributed by atoms with Crippen molar-refractivity contribution in [3.63, 3.8) is 0 Å². The van der Waals surface area contributed by atoms with Gasteiger partial charge in [-0.15, -0.1) is 0 Å². The molecule has 4 heteroatoms. The fraction of sp³-hybridized carbons (Fsp3) is 0.409. The average Bonchev–Trinajstić information content (AvgIpc) is 2.66. The number of nitrogens with zero attached hydrogens (tertiary/aromatic N) is 1. The number of aromatic hydroxyl groups is 1. The molecule has 0 radical (unpaired) electrons. The third kappa shape index (κ3) is 5.01. The van der Waals surface area contributed by atoms with Crippen LogP contribution in [0.4, 0.5) is 0 Å². The minimum absolute atomic E-state index is 0.224. The summed E-state index contributed by atoms with van der Waals surface area (Å²) in [5.74, 6) is 1.87. The predicted molar refractivity (Wildman–Crippen MR) is 103 cm³/mol. The van der Waals surface area contributed by atoms with Crippen molar-refractivity contribution in [2.24, 2.45) is 0 Å². The number of ether oxygens (including phenoxy) is 1. The van der Waals surface area contributed by atoms with Crippen LogP contribution in [0.1, 0.15) is 42.7 Å². The van der Waals surface area contributed by atoms with E-state index in [1.807, 2.05) is 48.2 Å². The fourth-order valence-corrected chi connectivity index (χ4v) is 3.49. The summed E-state index contributed by atoms with van der Waals surface area (Å²) in [5.41, 5.74) is 2.43. The monoisotopic (exact) mass is 353 g/mol. The molecular formula is C22H27NO3. The first-order valence-electron chi connectivity index (χ1n) is 9.38. The molecule has 0 aromatic heterocycles. The topological polar surface area (TPSA) is 49.8 Å². The summed E-state index contributed by atoms with van der Waals surface area (Å²) in [6.45, 7) is 4.23. The number of benzene rings is 2. The lowest BCUT2D eigenvalue weighted by Gasteiger charge is -2.32. The number of carbonyl (C=O) groups excluding carboxylic acids is 1. The van der Waals surface area contributed by atoms with Crippen LogP contribution in [-0.2, 0) is 4.79 Å². The van der Waals surface area contributed by atoms with E-state index in [4.69, 9.17) is 4.74 Å². The summed E-state index contributed by atoms with van der Waals surface area (Å²) in [6, 6.07) is 15.4. The minimum Gasteiger partial charge on any atom is -0.508 e. The zero-order valence-corrected chi connectivity index (χ0v) is 15.4. The smallest absolute Gasteiger partial charge is 0.222 e. The van der Waals surface area contributed by atoms with E-state index < -0.39 is 0 Å². The lowest BCUT2D eigenvalue weighted by Crippen LogP contribution is -2.37. The molecule has 0 spiro atoms. The molecule has 1 amide bonds. The van der Waals surface area contributed by atoms with Crippen molar-refractivity contribution in [3.8, 4) is 11.5 Å². The van der Waals surface area contributed by atoms with Crippen LogP contribution in [-0.4, -0.2) is 35.6 Å². The van der Waals surface area contributed by atoms with Crippen LogP contribution >= 0.6 is 0 Å². The highest BCUT2D eigenvalue weighted by Crippen LogP contribution is 2.29. The van der Waals surface area contributed by atoms with Crippen LogP contribution in [0.5, 0.6) is 11.5 Å². The number of amides is 1. The van der Waals surface area contributed by atoms with Gasteiger partial charge in [-0.25, -0.2) is 0 Å². The van der Waals surface area contributed by atoms with Crippen molar-refractivity contribution in [3.05, 3.63) is 59.7 Å². The number of likely N-dealkylation sites (tertiary alicyclic amines) is 1. The van der Waals surface area contributed by atoms with Gasteiger partial charge in [0, 0.05) is 19.5 Å². The average molecular weight is 353 g/mol. The third-order valence-corrected chi connectivity index (χ3v) is 5.01. The highest BCUT2D eigenvalue weighted by atomic mass is 16.5. The van der Waals surface area contributed by atoms with Crippen LogP contribution < -0.4 is 4.74 Å². The number of carbonyl (C=O) groups is 1. The fourth-order valence-electron chi connectivity index (χ4n) is 3.49. The Balaban J connectivity index is 1.37. The molecule has 1 aliphatic rings. The molecule has 1 heterocycles. The molecular weight excluding hydrogens is 326 g/mol. The summed E-state index contributed by atoms with van der Waals surface area (Å²) in [5, 5.41) is 9.40. The molecule has 0 bridgehead atoms. The summed E-state index contributed by atoms with van der Waals surface area (Å²) < 4.78 is 5.72. The van der Waals surface area contributed by atoms with Gasteiger partial charge in [-0.2, -0.15) is 0 Å². The van der Waals surface area contributed by atoms with Crippen molar-refractivity contribution in [2.45, 2.75) is 38.5 Å². The zero-order chi connectivity index (χ0) is 18.4. The summed E-state index contributed by atoms with van der Waals surface area (Å²) in [4.78, 5) is 14.4. The molecule has 0 unspecified atom stereocenters. The van der Waals surface area contributed by atoms with E-state index in [2.05, 4.69) is 0 Å². The molecule has 26 heavy (non-hydrogen) atoms. The maximum absolute atomic E-state index is 12.4. The van der Waals surface area contributed by atoms with E-state index in [1.54, 1.807) is 12.1 Å². The van der Waals surface area contributed by atoms with Crippen molar-refractivity contribution in [2.75, 3.05) is 19.7 Å². The molecule has 2 aromatic carbocycles. The van der Waals surface area contributed by atoms with Gasteiger partial charge < -0.3 is 14.7 Å². The van der Waals surface area contributed by atoms with Gasteiger partial charge in [-0.3, -0.25) is 4.79 Å². The number of hydrogen-bond acceptors (Lipinski definition) is 3. The van der Waals surface area contributed by atoms with Crippen LogP contribution in [0, 0.1) is 6.92 Å². The van der Waals surface area contributed by atoms with E-state index in [-0.39, 0.29) is 5.91 Å². The third-order valence-electron chi connectivity index (χ3n) is 5.01. The lowest BCUT2D eigenvalue weighted by atomic mass is 9.89. The Hall–Kier alpha value is -2.49. The largest absolute Gasteiger partial charge is 0.508 e. The standard InChI is InChI=1S/C22H27NO3/c1-17-4-2-5-21(16-17)26-15-3-6-22(25)23-13-11-19(12-14-23)18-7-9-20(24)10-8-18/h2,4-5,7-10,16,19,24H,3,6,11-15H2,1H3. The number of aryl methyl sites for hydroxylation is 1. The SMILES string of the molecule is Cc1cccc(OCCCC(=O)N2CCC(c3ccc(O)cc3)CC2)c1. The summed E-state index contributed by atoms with van der Waals surface area (Å²) in [6.07, 6.45) is 3.24. The summed E-state index contributed by atoms with van der Waals surface area (Å²) in [7, 11) is 0. The molecule has 1 N–H and O–H groups in total. The van der Waals surface area contributed by atoms with E-state index in [0.29, 0.717) is 24.7 Å². The van der Waals surface area contributed by atoms with Gasteiger partial charge in [-0.1, -0.05) is 24.3 Å². The number of rotatable bonds is 6. The van der Waals surface area contributed by atoms with Gasteiger partial charge in [-0.05, 0) is 67.5 Å².